The molecule has 0 aliphatic heterocycles. The molecule has 1 aromatic heterocycles. The summed E-state index contributed by atoms with van der Waals surface area (Å²) in [5, 5.41) is 7.62. The minimum Gasteiger partial charge on any atom is -0.497 e. The molecule has 3 aromatic rings. The first-order valence-corrected chi connectivity index (χ1v) is 9.56. The normalized spacial score (nSPS) is 11.7. The molecule has 0 radical (unpaired) electrons. The average molecular weight is 409 g/mol. The first kappa shape index (κ1) is 21.0. The van der Waals surface area contributed by atoms with Crippen molar-refractivity contribution >= 4 is 22.6 Å². The molecule has 0 bridgehead atoms. The van der Waals surface area contributed by atoms with E-state index >= 15 is 0 Å². The third-order valence-electron chi connectivity index (χ3n) is 4.64. The van der Waals surface area contributed by atoms with Gasteiger partial charge in [0, 0.05) is 18.5 Å². The maximum absolute atomic E-state index is 12.7. The number of hydrogen-bond donors (Lipinski definition) is 1. The molecular weight excluding hydrogens is 386 g/mol. The van der Waals surface area contributed by atoms with Crippen molar-refractivity contribution in [2.45, 2.75) is 33.0 Å². The first-order chi connectivity index (χ1) is 14.4. The summed E-state index contributed by atoms with van der Waals surface area (Å²) in [6.45, 7) is 3.83. The van der Waals surface area contributed by atoms with Crippen LogP contribution in [0.4, 0.5) is 0 Å². The number of rotatable bonds is 7. The van der Waals surface area contributed by atoms with E-state index in [2.05, 4.69) is 10.4 Å². The quantitative estimate of drug-likeness (QED) is 0.601. The van der Waals surface area contributed by atoms with Crippen LogP contribution >= 0.6 is 0 Å². The number of ether oxygens (including phenoxy) is 2. The maximum Gasteiger partial charge on any atom is 0.360 e. The zero-order valence-corrected chi connectivity index (χ0v) is 17.0. The fourth-order valence-corrected chi connectivity index (χ4v) is 2.95. The van der Waals surface area contributed by atoms with Gasteiger partial charge in [-0.05, 0) is 37.6 Å². The Hall–Kier alpha value is -3.68. The second-order valence-electron chi connectivity index (χ2n) is 6.63. The number of hydrogen-bond acceptors (Lipinski definition) is 6. The van der Waals surface area contributed by atoms with Crippen molar-refractivity contribution in [1.29, 1.82) is 0 Å². The van der Waals surface area contributed by atoms with Gasteiger partial charge in [0.25, 0.3) is 11.5 Å². The van der Waals surface area contributed by atoms with E-state index in [0.717, 1.165) is 11.3 Å². The molecule has 156 valence electrons. The predicted octanol–water partition coefficient (Wildman–Crippen LogP) is 2.29. The van der Waals surface area contributed by atoms with Crippen LogP contribution in [0.5, 0.6) is 5.75 Å². The topological polar surface area (TPSA) is 99.5 Å². The van der Waals surface area contributed by atoms with E-state index in [1.165, 1.54) is 11.6 Å². The molecular formula is C22H23N3O5. The summed E-state index contributed by atoms with van der Waals surface area (Å²) in [6, 6.07) is 14.0. The highest BCUT2D eigenvalue weighted by atomic mass is 16.5. The Kier molecular flexibility index (Phi) is 6.46. The van der Waals surface area contributed by atoms with E-state index in [0.29, 0.717) is 17.3 Å². The van der Waals surface area contributed by atoms with Crippen molar-refractivity contribution in [3.63, 3.8) is 0 Å². The van der Waals surface area contributed by atoms with Crippen molar-refractivity contribution in [3.05, 3.63) is 70.1 Å². The van der Waals surface area contributed by atoms with Gasteiger partial charge in [0.05, 0.1) is 12.5 Å². The molecule has 0 aliphatic rings. The molecule has 0 saturated heterocycles. The van der Waals surface area contributed by atoms with Gasteiger partial charge in [-0.1, -0.05) is 30.3 Å². The zero-order chi connectivity index (χ0) is 21.7. The summed E-state index contributed by atoms with van der Waals surface area (Å²) in [6.07, 6.45) is -1.03. The summed E-state index contributed by atoms with van der Waals surface area (Å²) in [7, 11) is 1.58. The molecule has 1 atom stereocenters. The fourth-order valence-electron chi connectivity index (χ4n) is 2.95. The second kappa shape index (κ2) is 9.21. The maximum atomic E-state index is 12.7. The molecule has 1 amide bonds. The van der Waals surface area contributed by atoms with Crippen LogP contribution in [0.15, 0.2) is 53.3 Å². The van der Waals surface area contributed by atoms with Gasteiger partial charge in [-0.3, -0.25) is 9.59 Å². The smallest absolute Gasteiger partial charge is 0.360 e. The van der Waals surface area contributed by atoms with Gasteiger partial charge >= 0.3 is 5.97 Å². The molecule has 0 saturated carbocycles. The third kappa shape index (κ3) is 4.48. The number of aryl methyl sites for hydroxylation is 1. The summed E-state index contributed by atoms with van der Waals surface area (Å²) >= 11 is 0. The molecule has 0 fully saturated rings. The average Bonchev–Trinajstić information content (AvgIpc) is 2.78. The molecule has 8 nitrogen and oxygen atoms in total. The lowest BCUT2D eigenvalue weighted by Gasteiger charge is -2.15. The Morgan fingerprint density at radius 3 is 2.40 bits per heavy atom. The highest BCUT2D eigenvalue weighted by Crippen LogP contribution is 2.15. The third-order valence-corrected chi connectivity index (χ3v) is 4.64. The number of carbonyl (C=O) groups excluding carboxylic acids is 2. The Balaban J connectivity index is 1.71. The molecule has 8 heteroatoms. The fraction of sp³-hybridized carbons (Fsp3) is 0.273. The van der Waals surface area contributed by atoms with Crippen molar-refractivity contribution in [1.82, 2.24) is 15.1 Å². The largest absolute Gasteiger partial charge is 0.497 e. The molecule has 3 rings (SSSR count). The van der Waals surface area contributed by atoms with Gasteiger partial charge in [0.2, 0.25) is 0 Å². The first-order valence-electron chi connectivity index (χ1n) is 9.56. The van der Waals surface area contributed by atoms with E-state index in [-0.39, 0.29) is 17.8 Å². The molecule has 0 aliphatic carbocycles. The summed E-state index contributed by atoms with van der Waals surface area (Å²) in [4.78, 5) is 37.5. The van der Waals surface area contributed by atoms with Crippen molar-refractivity contribution in [3.8, 4) is 5.75 Å². The van der Waals surface area contributed by atoms with Crippen molar-refractivity contribution < 1.29 is 19.1 Å². The standard InChI is InChI=1S/C22H23N3O5/c1-4-25-21(27)18-8-6-5-7-17(18)19(24-25)22(28)30-14(2)20(26)23-13-15-9-11-16(29-3)12-10-15/h5-12,14H,4,13H2,1-3H3,(H,23,26)/t14-/m1/s1. The lowest BCUT2D eigenvalue weighted by molar-refractivity contribution is -0.129. The van der Waals surface area contributed by atoms with Crippen LogP contribution in [-0.2, 0) is 22.6 Å². The van der Waals surface area contributed by atoms with E-state index in [9.17, 15) is 14.4 Å². The highest BCUT2D eigenvalue weighted by Gasteiger charge is 2.23. The van der Waals surface area contributed by atoms with Gasteiger partial charge in [0.1, 0.15) is 5.75 Å². The van der Waals surface area contributed by atoms with Crippen LogP contribution in [0.3, 0.4) is 0 Å². The number of methoxy groups -OCH3 is 1. The Bertz CT molecular complexity index is 1120. The molecule has 2 aromatic carbocycles. The molecule has 1 heterocycles. The summed E-state index contributed by atoms with van der Waals surface area (Å²) in [5.41, 5.74) is 0.599. The van der Waals surface area contributed by atoms with Crippen LogP contribution in [-0.4, -0.2) is 34.9 Å². The number of nitrogens with zero attached hydrogens (tertiary/aromatic N) is 2. The lowest BCUT2D eigenvalue weighted by Crippen LogP contribution is -2.36. The van der Waals surface area contributed by atoms with Crippen LogP contribution < -0.4 is 15.6 Å². The Labute approximate surface area is 173 Å². The number of fused-ring (bicyclic) bond motifs is 1. The number of carbonyl (C=O) groups is 2. The SMILES string of the molecule is CCn1nc(C(=O)O[C@H](C)C(=O)NCc2ccc(OC)cc2)c2ccccc2c1=O. The van der Waals surface area contributed by atoms with Crippen LogP contribution in [0.25, 0.3) is 10.8 Å². The number of benzene rings is 2. The number of aromatic nitrogens is 2. The van der Waals surface area contributed by atoms with Crippen LogP contribution in [0.2, 0.25) is 0 Å². The number of nitrogens with one attached hydrogen (secondary N) is 1. The monoisotopic (exact) mass is 409 g/mol. The number of esters is 1. The molecule has 1 N–H and O–H groups in total. The highest BCUT2D eigenvalue weighted by molar-refractivity contribution is 6.02. The molecule has 0 unspecified atom stereocenters. The van der Waals surface area contributed by atoms with E-state index < -0.39 is 18.0 Å². The Morgan fingerprint density at radius 1 is 1.10 bits per heavy atom. The zero-order valence-electron chi connectivity index (χ0n) is 17.0. The van der Waals surface area contributed by atoms with E-state index in [1.807, 2.05) is 12.1 Å². The van der Waals surface area contributed by atoms with Gasteiger partial charge in [0.15, 0.2) is 11.8 Å². The second-order valence-corrected chi connectivity index (χ2v) is 6.63. The van der Waals surface area contributed by atoms with Crippen molar-refractivity contribution in [2.24, 2.45) is 0 Å². The van der Waals surface area contributed by atoms with Gasteiger partial charge < -0.3 is 14.8 Å². The lowest BCUT2D eigenvalue weighted by atomic mass is 10.1. The number of amides is 1. The van der Waals surface area contributed by atoms with E-state index in [4.69, 9.17) is 9.47 Å². The van der Waals surface area contributed by atoms with Gasteiger partial charge in [-0.2, -0.15) is 5.10 Å². The molecule has 30 heavy (non-hydrogen) atoms. The van der Waals surface area contributed by atoms with Gasteiger partial charge in [-0.25, -0.2) is 9.48 Å². The summed E-state index contributed by atoms with van der Waals surface area (Å²) in [5.74, 6) is -0.478. The van der Waals surface area contributed by atoms with Crippen LogP contribution in [0, 0.1) is 0 Å². The molecule has 0 spiro atoms. The summed E-state index contributed by atoms with van der Waals surface area (Å²) < 4.78 is 11.6. The predicted molar refractivity (Wildman–Crippen MR) is 111 cm³/mol. The van der Waals surface area contributed by atoms with Crippen LogP contribution in [0.1, 0.15) is 29.9 Å². The Morgan fingerprint density at radius 2 is 1.77 bits per heavy atom. The minimum atomic E-state index is -1.03. The van der Waals surface area contributed by atoms with Gasteiger partial charge in [-0.15, -0.1) is 0 Å². The van der Waals surface area contributed by atoms with E-state index in [1.54, 1.807) is 50.4 Å². The van der Waals surface area contributed by atoms with Crippen molar-refractivity contribution in [2.75, 3.05) is 7.11 Å². The minimum absolute atomic E-state index is 0.00172.